The molecule has 138 valence electrons. The molecule has 0 saturated carbocycles. The first-order valence-electron chi connectivity index (χ1n) is 8.10. The highest BCUT2D eigenvalue weighted by molar-refractivity contribution is 6.04. The average Bonchev–Trinajstić information content (AvgIpc) is 2.65. The molecule has 2 aromatic carbocycles. The Morgan fingerprint density at radius 2 is 1.85 bits per heavy atom. The number of nitrogens with one attached hydrogen (secondary N) is 2. The number of carbonyl (C=O) groups is 1. The van der Waals surface area contributed by atoms with E-state index in [-0.39, 0.29) is 11.3 Å². The van der Waals surface area contributed by atoms with E-state index < -0.39 is 17.5 Å². The summed E-state index contributed by atoms with van der Waals surface area (Å²) < 4.78 is 31.9. The highest BCUT2D eigenvalue weighted by atomic mass is 19.1. The van der Waals surface area contributed by atoms with Gasteiger partial charge in [0.05, 0.1) is 24.0 Å². The fraction of sp³-hybridized carbons (Fsp3) is 0.100. The second kappa shape index (κ2) is 7.82. The molecule has 1 aromatic heterocycles. The normalized spacial score (nSPS) is 10.4. The minimum atomic E-state index is -0.846. The molecule has 2 N–H and O–H groups in total. The van der Waals surface area contributed by atoms with E-state index >= 15 is 0 Å². The zero-order chi connectivity index (χ0) is 19.4. The maximum Gasteiger partial charge on any atom is 0.257 e. The lowest BCUT2D eigenvalue weighted by Gasteiger charge is -2.12. The molecule has 0 atom stereocenters. The molecule has 0 spiro atoms. The van der Waals surface area contributed by atoms with Gasteiger partial charge in [-0.25, -0.2) is 13.8 Å². The van der Waals surface area contributed by atoms with Crippen LogP contribution in [0.2, 0.25) is 0 Å². The van der Waals surface area contributed by atoms with Crippen molar-refractivity contribution in [2.45, 2.75) is 6.92 Å². The van der Waals surface area contributed by atoms with E-state index in [1.165, 1.54) is 6.20 Å². The highest BCUT2D eigenvalue weighted by Crippen LogP contribution is 2.28. The van der Waals surface area contributed by atoms with Gasteiger partial charge in [-0.3, -0.25) is 4.79 Å². The standard InChI is InChI=1S/C20H17F2N3O2/c1-12-3-7-18(27-2)17(9-12)24-19-8-4-13(11-23-19)20(26)25-16-6-5-14(21)10-15(16)22/h3-11H,1-2H3,(H,23,24)(H,25,26). The van der Waals surface area contributed by atoms with Crippen molar-refractivity contribution in [3.05, 3.63) is 77.5 Å². The number of anilines is 3. The van der Waals surface area contributed by atoms with E-state index in [4.69, 9.17) is 4.74 Å². The third-order valence-electron chi connectivity index (χ3n) is 3.82. The molecular weight excluding hydrogens is 352 g/mol. The first kappa shape index (κ1) is 18.3. The Balaban J connectivity index is 1.73. The van der Waals surface area contributed by atoms with Crippen LogP contribution < -0.4 is 15.4 Å². The molecule has 0 aliphatic rings. The summed E-state index contributed by atoms with van der Waals surface area (Å²) >= 11 is 0. The molecule has 0 radical (unpaired) electrons. The van der Waals surface area contributed by atoms with Crippen LogP contribution in [0.3, 0.4) is 0 Å². The summed E-state index contributed by atoms with van der Waals surface area (Å²) in [5.74, 6) is -0.928. The van der Waals surface area contributed by atoms with Crippen molar-refractivity contribution in [1.82, 2.24) is 4.98 Å². The molecule has 1 amide bonds. The fourth-order valence-corrected chi connectivity index (χ4v) is 2.44. The summed E-state index contributed by atoms with van der Waals surface area (Å²) in [7, 11) is 1.57. The number of ether oxygens (including phenoxy) is 1. The minimum Gasteiger partial charge on any atom is -0.495 e. The number of halogens is 2. The van der Waals surface area contributed by atoms with Crippen LogP contribution in [0.15, 0.2) is 54.7 Å². The van der Waals surface area contributed by atoms with E-state index in [2.05, 4.69) is 15.6 Å². The monoisotopic (exact) mass is 369 g/mol. The first-order chi connectivity index (χ1) is 13.0. The molecule has 1 heterocycles. The van der Waals surface area contributed by atoms with Crippen LogP contribution in [-0.4, -0.2) is 18.0 Å². The van der Waals surface area contributed by atoms with Crippen molar-refractivity contribution >= 4 is 23.1 Å². The second-order valence-electron chi connectivity index (χ2n) is 5.84. The van der Waals surface area contributed by atoms with E-state index in [9.17, 15) is 13.6 Å². The maximum absolute atomic E-state index is 13.6. The lowest BCUT2D eigenvalue weighted by atomic mass is 10.2. The molecule has 27 heavy (non-hydrogen) atoms. The molecule has 0 unspecified atom stereocenters. The summed E-state index contributed by atoms with van der Waals surface area (Å²) in [6, 6.07) is 11.8. The van der Waals surface area contributed by atoms with Crippen LogP contribution in [0, 0.1) is 18.6 Å². The maximum atomic E-state index is 13.6. The molecule has 0 aliphatic carbocycles. The third kappa shape index (κ3) is 4.38. The van der Waals surface area contributed by atoms with E-state index in [0.29, 0.717) is 17.6 Å². The third-order valence-corrected chi connectivity index (χ3v) is 3.82. The summed E-state index contributed by atoms with van der Waals surface area (Å²) in [4.78, 5) is 16.4. The number of benzene rings is 2. The van der Waals surface area contributed by atoms with E-state index in [1.807, 2.05) is 25.1 Å². The van der Waals surface area contributed by atoms with Gasteiger partial charge in [-0.05, 0) is 48.9 Å². The summed E-state index contributed by atoms with van der Waals surface area (Å²) in [6.07, 6.45) is 1.36. The Hall–Kier alpha value is -3.48. The number of hydrogen-bond donors (Lipinski definition) is 2. The van der Waals surface area contributed by atoms with Crippen LogP contribution in [0.1, 0.15) is 15.9 Å². The van der Waals surface area contributed by atoms with Crippen LogP contribution >= 0.6 is 0 Å². The number of rotatable bonds is 5. The lowest BCUT2D eigenvalue weighted by molar-refractivity contribution is 0.102. The number of methoxy groups -OCH3 is 1. The highest BCUT2D eigenvalue weighted by Gasteiger charge is 2.11. The Kier molecular flexibility index (Phi) is 5.30. The van der Waals surface area contributed by atoms with Gasteiger partial charge < -0.3 is 15.4 Å². The quantitative estimate of drug-likeness (QED) is 0.686. The smallest absolute Gasteiger partial charge is 0.257 e. The van der Waals surface area contributed by atoms with Crippen molar-refractivity contribution in [1.29, 1.82) is 0 Å². The van der Waals surface area contributed by atoms with Crippen molar-refractivity contribution in [2.75, 3.05) is 17.7 Å². The zero-order valence-electron chi connectivity index (χ0n) is 14.7. The van der Waals surface area contributed by atoms with Crippen molar-refractivity contribution in [3.8, 4) is 5.75 Å². The molecule has 3 aromatic rings. The number of hydrogen-bond acceptors (Lipinski definition) is 4. The van der Waals surface area contributed by atoms with Gasteiger partial charge in [0.2, 0.25) is 0 Å². The number of aryl methyl sites for hydroxylation is 1. The molecule has 7 heteroatoms. The van der Waals surface area contributed by atoms with Gasteiger partial charge in [0, 0.05) is 12.3 Å². The molecule has 0 fully saturated rings. The summed E-state index contributed by atoms with van der Waals surface area (Å²) in [5.41, 5.74) is 1.93. The van der Waals surface area contributed by atoms with Gasteiger partial charge in [-0.1, -0.05) is 6.07 Å². The van der Waals surface area contributed by atoms with Crippen molar-refractivity contribution < 1.29 is 18.3 Å². The summed E-state index contributed by atoms with van der Waals surface area (Å²) in [6.45, 7) is 1.96. The summed E-state index contributed by atoms with van der Waals surface area (Å²) in [5, 5.41) is 5.51. The number of aromatic nitrogens is 1. The Morgan fingerprint density at radius 1 is 1.04 bits per heavy atom. The molecular formula is C20H17F2N3O2. The second-order valence-corrected chi connectivity index (χ2v) is 5.84. The zero-order valence-corrected chi connectivity index (χ0v) is 14.7. The molecule has 5 nitrogen and oxygen atoms in total. The van der Waals surface area contributed by atoms with Crippen LogP contribution in [0.5, 0.6) is 5.75 Å². The van der Waals surface area contributed by atoms with Gasteiger partial charge in [0.1, 0.15) is 23.2 Å². The Labute approximate surface area is 155 Å². The van der Waals surface area contributed by atoms with Crippen molar-refractivity contribution in [3.63, 3.8) is 0 Å². The van der Waals surface area contributed by atoms with Gasteiger partial charge >= 0.3 is 0 Å². The molecule has 0 aliphatic heterocycles. The number of pyridine rings is 1. The topological polar surface area (TPSA) is 63.2 Å². The molecule has 3 rings (SSSR count). The Bertz CT molecular complexity index is 975. The van der Waals surface area contributed by atoms with Gasteiger partial charge in [-0.2, -0.15) is 0 Å². The fourth-order valence-electron chi connectivity index (χ4n) is 2.44. The molecule has 0 saturated heterocycles. The van der Waals surface area contributed by atoms with Crippen LogP contribution in [0.25, 0.3) is 0 Å². The SMILES string of the molecule is COc1ccc(C)cc1Nc1ccc(C(=O)Nc2ccc(F)cc2F)cn1. The van der Waals surface area contributed by atoms with E-state index in [1.54, 1.807) is 19.2 Å². The molecule has 0 bridgehead atoms. The van der Waals surface area contributed by atoms with Crippen LogP contribution in [0.4, 0.5) is 26.0 Å². The van der Waals surface area contributed by atoms with Crippen LogP contribution in [-0.2, 0) is 0 Å². The van der Waals surface area contributed by atoms with Gasteiger partial charge in [0.15, 0.2) is 0 Å². The van der Waals surface area contributed by atoms with Crippen molar-refractivity contribution in [2.24, 2.45) is 0 Å². The minimum absolute atomic E-state index is 0.104. The average molecular weight is 369 g/mol. The number of carbonyl (C=O) groups excluding carboxylic acids is 1. The lowest BCUT2D eigenvalue weighted by Crippen LogP contribution is -2.13. The largest absolute Gasteiger partial charge is 0.495 e. The van der Waals surface area contributed by atoms with Gasteiger partial charge in [-0.15, -0.1) is 0 Å². The predicted octanol–water partition coefficient (Wildman–Crippen LogP) is 4.67. The number of amides is 1. The van der Waals surface area contributed by atoms with E-state index in [0.717, 1.165) is 23.4 Å². The Morgan fingerprint density at radius 3 is 2.52 bits per heavy atom. The number of nitrogens with zero attached hydrogens (tertiary/aromatic N) is 1. The predicted molar refractivity (Wildman–Crippen MR) is 99.6 cm³/mol. The van der Waals surface area contributed by atoms with Gasteiger partial charge in [0.25, 0.3) is 5.91 Å². The first-order valence-corrected chi connectivity index (χ1v) is 8.10.